The van der Waals surface area contributed by atoms with Crippen LogP contribution in [-0.2, 0) is 5.75 Å². The minimum atomic E-state index is -0.263. The highest BCUT2D eigenvalue weighted by atomic mass is 32.2. The number of nitrogens with zero attached hydrogens (tertiary/aromatic N) is 1. The molecule has 0 fully saturated rings. The lowest BCUT2D eigenvalue weighted by Gasteiger charge is -2.12. The smallest absolute Gasteiger partial charge is 0.127 e. The van der Waals surface area contributed by atoms with Gasteiger partial charge < -0.3 is 5.32 Å². The molecular formula is C17H17FN2S. The van der Waals surface area contributed by atoms with Crippen LogP contribution in [0.2, 0.25) is 0 Å². The van der Waals surface area contributed by atoms with Crippen molar-refractivity contribution in [3.8, 4) is 6.07 Å². The molecule has 0 saturated carbocycles. The fourth-order valence-corrected chi connectivity index (χ4v) is 2.89. The van der Waals surface area contributed by atoms with Gasteiger partial charge in [0.25, 0.3) is 0 Å². The second kappa shape index (κ2) is 7.26. The van der Waals surface area contributed by atoms with Crippen LogP contribution in [-0.4, -0.2) is 7.05 Å². The maximum Gasteiger partial charge on any atom is 0.127 e. The van der Waals surface area contributed by atoms with Crippen LogP contribution < -0.4 is 5.32 Å². The molecule has 1 N–H and O–H groups in total. The third-order valence-electron chi connectivity index (χ3n) is 3.36. The largest absolute Gasteiger partial charge is 0.313 e. The summed E-state index contributed by atoms with van der Waals surface area (Å²) in [4.78, 5) is 1.09. The maximum absolute atomic E-state index is 13.7. The zero-order valence-corrected chi connectivity index (χ0v) is 12.9. The number of thioether (sulfide) groups is 1. The number of halogens is 1. The highest BCUT2D eigenvalue weighted by Gasteiger charge is 2.07. The average Bonchev–Trinajstić information content (AvgIpc) is 2.53. The molecule has 0 spiro atoms. The van der Waals surface area contributed by atoms with Crippen molar-refractivity contribution >= 4 is 11.8 Å². The van der Waals surface area contributed by atoms with E-state index in [0.29, 0.717) is 16.9 Å². The molecule has 2 aromatic rings. The molecule has 1 unspecified atom stereocenters. The van der Waals surface area contributed by atoms with Crippen molar-refractivity contribution in [2.24, 2.45) is 0 Å². The Morgan fingerprint density at radius 3 is 2.81 bits per heavy atom. The van der Waals surface area contributed by atoms with E-state index in [1.165, 1.54) is 17.7 Å². The first kappa shape index (κ1) is 15.6. The molecule has 108 valence electrons. The Hall–Kier alpha value is -1.83. The van der Waals surface area contributed by atoms with Crippen molar-refractivity contribution in [2.75, 3.05) is 7.05 Å². The van der Waals surface area contributed by atoms with Crippen molar-refractivity contribution in [1.82, 2.24) is 5.32 Å². The van der Waals surface area contributed by atoms with E-state index < -0.39 is 0 Å². The van der Waals surface area contributed by atoms with Gasteiger partial charge in [-0.25, -0.2) is 4.39 Å². The molecule has 0 bridgehead atoms. The molecule has 0 aliphatic heterocycles. The predicted molar refractivity (Wildman–Crippen MR) is 84.6 cm³/mol. The lowest BCUT2D eigenvalue weighted by atomic mass is 10.1. The van der Waals surface area contributed by atoms with Crippen LogP contribution in [0.15, 0.2) is 47.4 Å². The summed E-state index contributed by atoms with van der Waals surface area (Å²) in [6.45, 7) is 2.10. The van der Waals surface area contributed by atoms with E-state index in [1.54, 1.807) is 17.8 Å². The third kappa shape index (κ3) is 4.07. The van der Waals surface area contributed by atoms with E-state index in [9.17, 15) is 4.39 Å². The molecule has 0 amide bonds. The second-order valence-corrected chi connectivity index (χ2v) is 5.84. The quantitative estimate of drug-likeness (QED) is 0.838. The zero-order valence-electron chi connectivity index (χ0n) is 12.1. The maximum atomic E-state index is 13.7. The van der Waals surface area contributed by atoms with E-state index in [0.717, 1.165) is 4.90 Å². The molecule has 4 heteroatoms. The number of nitriles is 1. The van der Waals surface area contributed by atoms with Crippen molar-refractivity contribution in [3.63, 3.8) is 0 Å². The first-order chi connectivity index (χ1) is 10.1. The normalized spacial score (nSPS) is 11.9. The first-order valence-corrected chi connectivity index (χ1v) is 7.71. The van der Waals surface area contributed by atoms with Crippen LogP contribution in [0.4, 0.5) is 4.39 Å². The van der Waals surface area contributed by atoms with Gasteiger partial charge in [0.15, 0.2) is 0 Å². The van der Waals surface area contributed by atoms with Gasteiger partial charge in [-0.2, -0.15) is 5.26 Å². The second-order valence-electron chi connectivity index (χ2n) is 4.79. The van der Waals surface area contributed by atoms with Gasteiger partial charge in [0, 0.05) is 16.7 Å². The fraction of sp³-hybridized carbons (Fsp3) is 0.235. The molecule has 0 saturated heterocycles. The van der Waals surface area contributed by atoms with Gasteiger partial charge in [-0.1, -0.05) is 12.1 Å². The lowest BCUT2D eigenvalue weighted by molar-refractivity contribution is 0.617. The fourth-order valence-electron chi connectivity index (χ4n) is 1.96. The summed E-state index contributed by atoms with van der Waals surface area (Å²) in [7, 11) is 1.92. The molecule has 0 aliphatic carbocycles. The summed E-state index contributed by atoms with van der Waals surface area (Å²) in [5.41, 5.74) is 2.25. The number of hydrogen-bond donors (Lipinski definition) is 1. The average molecular weight is 300 g/mol. The Kier molecular flexibility index (Phi) is 5.38. The number of rotatable bonds is 5. The summed E-state index contributed by atoms with van der Waals surface area (Å²) in [5, 5.41) is 12.1. The standard InChI is InChI=1S/C17H17FN2S/c1-12(20-2)14-4-3-5-16(9-14)21-11-15-8-13(10-19)6-7-17(15)18/h3-9,12,20H,11H2,1-2H3. The Bertz CT molecular complexity index is 664. The van der Waals surface area contributed by atoms with E-state index in [-0.39, 0.29) is 11.9 Å². The molecule has 21 heavy (non-hydrogen) atoms. The van der Waals surface area contributed by atoms with Gasteiger partial charge >= 0.3 is 0 Å². The molecule has 0 heterocycles. The van der Waals surface area contributed by atoms with Gasteiger partial charge in [0.05, 0.1) is 11.6 Å². The van der Waals surface area contributed by atoms with Crippen molar-refractivity contribution in [3.05, 3.63) is 65.0 Å². The molecule has 2 rings (SSSR count). The third-order valence-corrected chi connectivity index (χ3v) is 4.40. The van der Waals surface area contributed by atoms with E-state index in [1.807, 2.05) is 25.2 Å². The van der Waals surface area contributed by atoms with Crippen LogP contribution in [0.5, 0.6) is 0 Å². The van der Waals surface area contributed by atoms with E-state index in [4.69, 9.17) is 5.26 Å². The Balaban J connectivity index is 2.12. The Morgan fingerprint density at radius 2 is 2.10 bits per heavy atom. The van der Waals surface area contributed by atoms with Gasteiger partial charge in [-0.05, 0) is 55.4 Å². The van der Waals surface area contributed by atoms with Gasteiger partial charge in [-0.3, -0.25) is 0 Å². The van der Waals surface area contributed by atoms with Crippen LogP contribution in [0.1, 0.15) is 29.7 Å². The molecule has 1 atom stereocenters. The van der Waals surface area contributed by atoms with Gasteiger partial charge in [0.1, 0.15) is 5.82 Å². The summed E-state index contributed by atoms with van der Waals surface area (Å²) in [6.07, 6.45) is 0. The minimum absolute atomic E-state index is 0.263. The highest BCUT2D eigenvalue weighted by molar-refractivity contribution is 7.98. The number of hydrogen-bond acceptors (Lipinski definition) is 3. The van der Waals surface area contributed by atoms with Crippen LogP contribution in [0, 0.1) is 17.1 Å². The summed E-state index contributed by atoms with van der Waals surface area (Å²) in [5.74, 6) is 0.250. The monoisotopic (exact) mass is 300 g/mol. The number of benzene rings is 2. The van der Waals surface area contributed by atoms with E-state index in [2.05, 4.69) is 24.4 Å². The molecule has 0 radical (unpaired) electrons. The Labute approximate surface area is 129 Å². The summed E-state index contributed by atoms with van der Waals surface area (Å²) in [6, 6.07) is 15.0. The molecule has 0 aromatic heterocycles. The predicted octanol–water partition coefficient (Wildman–Crippen LogP) is 4.27. The molecule has 0 aliphatic rings. The van der Waals surface area contributed by atoms with Gasteiger partial charge in [0.2, 0.25) is 0 Å². The molecular weight excluding hydrogens is 283 g/mol. The molecule has 2 nitrogen and oxygen atoms in total. The van der Waals surface area contributed by atoms with Crippen LogP contribution >= 0.6 is 11.8 Å². The lowest BCUT2D eigenvalue weighted by Crippen LogP contribution is -2.11. The van der Waals surface area contributed by atoms with Gasteiger partial charge in [-0.15, -0.1) is 11.8 Å². The first-order valence-electron chi connectivity index (χ1n) is 6.72. The highest BCUT2D eigenvalue weighted by Crippen LogP contribution is 2.26. The topological polar surface area (TPSA) is 35.8 Å². The van der Waals surface area contributed by atoms with Crippen molar-refractivity contribution in [1.29, 1.82) is 5.26 Å². The molecule has 2 aromatic carbocycles. The number of nitrogens with one attached hydrogen (secondary N) is 1. The summed E-state index contributed by atoms with van der Waals surface area (Å²) >= 11 is 1.57. The van der Waals surface area contributed by atoms with Crippen LogP contribution in [0.3, 0.4) is 0 Å². The van der Waals surface area contributed by atoms with E-state index >= 15 is 0 Å². The van der Waals surface area contributed by atoms with Crippen molar-refractivity contribution < 1.29 is 4.39 Å². The van der Waals surface area contributed by atoms with Crippen molar-refractivity contribution in [2.45, 2.75) is 23.6 Å². The minimum Gasteiger partial charge on any atom is -0.313 e. The Morgan fingerprint density at radius 1 is 1.29 bits per heavy atom. The SMILES string of the molecule is CNC(C)c1cccc(SCc2cc(C#N)ccc2F)c1. The zero-order chi connectivity index (χ0) is 15.2. The van der Waals surface area contributed by atoms with Crippen LogP contribution in [0.25, 0.3) is 0 Å². The summed E-state index contributed by atoms with van der Waals surface area (Å²) < 4.78 is 13.7.